The van der Waals surface area contributed by atoms with E-state index in [1.54, 1.807) is 6.92 Å². The first-order valence-corrected chi connectivity index (χ1v) is 31.3. The van der Waals surface area contributed by atoms with Crippen LogP contribution in [-0.2, 0) is 32.4 Å². The molecule has 4 N–H and O–H groups in total. The summed E-state index contributed by atoms with van der Waals surface area (Å²) in [5.41, 5.74) is 0.845. The molecule has 4 aromatic carbocycles. The van der Waals surface area contributed by atoms with Gasteiger partial charge in [0.25, 0.3) is 11.4 Å². The number of hydrogen-bond acceptors (Lipinski definition) is 27. The summed E-state index contributed by atoms with van der Waals surface area (Å²) in [7, 11) is -7.32. The lowest BCUT2D eigenvalue weighted by Gasteiger charge is -2.23. The molecule has 0 aliphatic rings. The Morgan fingerprint density at radius 3 is 1.39 bits per heavy atom. The number of non-ortho nitro benzene ring substituents is 4. The number of nitro groups is 4. The third-order valence-electron chi connectivity index (χ3n) is 12.3. The molecular weight excluding hydrogens is 1190 g/mol. The van der Waals surface area contributed by atoms with Crippen LogP contribution in [0.1, 0.15) is 85.0 Å². The van der Waals surface area contributed by atoms with E-state index in [0.717, 1.165) is 38.5 Å². The van der Waals surface area contributed by atoms with Crippen molar-refractivity contribution in [3.05, 3.63) is 113 Å². The molecular formula is C52H70N12O21P2. The Morgan fingerprint density at radius 2 is 0.966 bits per heavy atom. The first kappa shape index (κ1) is 69.1. The van der Waals surface area contributed by atoms with Gasteiger partial charge < -0.3 is 49.0 Å². The van der Waals surface area contributed by atoms with Crippen LogP contribution < -0.4 is 30.3 Å². The lowest BCUT2D eigenvalue weighted by atomic mass is 10.0. The molecule has 0 aliphatic carbocycles. The van der Waals surface area contributed by atoms with Gasteiger partial charge in [-0.15, -0.1) is 0 Å². The summed E-state index contributed by atoms with van der Waals surface area (Å²) >= 11 is 0. The molecule has 474 valence electrons. The summed E-state index contributed by atoms with van der Waals surface area (Å²) < 4.78 is 74.7. The van der Waals surface area contributed by atoms with Gasteiger partial charge in [0.05, 0.1) is 76.4 Å². The van der Waals surface area contributed by atoms with Gasteiger partial charge in [0, 0.05) is 75.1 Å². The van der Waals surface area contributed by atoms with Crippen molar-refractivity contribution in [2.45, 2.75) is 85.0 Å². The molecule has 3 atom stereocenters. The molecule has 2 aromatic heterocycles. The molecule has 87 heavy (non-hydrogen) atoms. The molecule has 35 heteroatoms. The molecule has 2 heterocycles. The number of unbranched alkanes of at least 4 members (excludes halogenated alkanes) is 3. The van der Waals surface area contributed by atoms with E-state index in [0.29, 0.717) is 50.5 Å². The number of anilines is 2. The van der Waals surface area contributed by atoms with E-state index in [9.17, 15) is 59.2 Å². The first-order chi connectivity index (χ1) is 41.9. The second kappa shape index (κ2) is 36.4. The number of alkyl carbamates (subject to hydrolysis) is 2. The lowest BCUT2D eigenvalue weighted by molar-refractivity contribution is -0.385. The van der Waals surface area contributed by atoms with Gasteiger partial charge >= 0.3 is 38.8 Å². The molecule has 3 unspecified atom stereocenters. The second-order valence-corrected chi connectivity index (χ2v) is 23.2. The van der Waals surface area contributed by atoms with Gasteiger partial charge in [0.15, 0.2) is 11.0 Å². The smallest absolute Gasteiger partial charge is 0.407 e. The van der Waals surface area contributed by atoms with Crippen LogP contribution in [0.15, 0.2) is 82.1 Å². The lowest BCUT2D eigenvalue weighted by Crippen LogP contribution is -2.27. The predicted octanol–water partition coefficient (Wildman–Crippen LogP) is 11.5. The number of rotatable bonds is 40. The standard InChI is InChI=1S/C31H45N6O11P.C21H25N6O10P/c1-3-5-7-10-24(22-44-19-6-4-2)23-46-49(43,47-26-13-11-25(12-14-26)36(39)40)21-9-20-45-31(38)33-18-8-17-32-27-15-16-28(37(41)42)30-29(27)34-48-35-30;1-2-35-38(33,36-16-7-5-15(6-8-16)26(29)30)14-4-13-34-21(28)23-12-3-11-22-17-9-10-18(27(31)32)20-19(17)24-37-25-20/h11-16,24,32H,3-10,17-23H2,1-2H3,(H,33,38);5-10,22H,2-4,11-14H2,1H3,(H,23,28). The van der Waals surface area contributed by atoms with Gasteiger partial charge in [-0.25, -0.2) is 28.0 Å². The highest BCUT2D eigenvalue weighted by Gasteiger charge is 2.30. The number of hydrogen-bond donors (Lipinski definition) is 4. The molecule has 0 saturated carbocycles. The number of nitrogens with zero attached hydrogens (tertiary/aromatic N) is 8. The number of nitro benzene ring substituents is 4. The molecule has 6 rings (SSSR count). The molecule has 2 amide bonds. The van der Waals surface area contributed by atoms with Crippen LogP contribution >= 0.6 is 15.2 Å². The van der Waals surface area contributed by atoms with E-state index in [1.165, 1.54) is 72.8 Å². The summed E-state index contributed by atoms with van der Waals surface area (Å²) in [6.45, 7) is 8.51. The molecule has 0 aliphatic heterocycles. The molecule has 0 radical (unpaired) electrons. The highest BCUT2D eigenvalue weighted by Crippen LogP contribution is 2.50. The zero-order valence-corrected chi connectivity index (χ0v) is 49.9. The number of nitrogens with one attached hydrogen (secondary N) is 4. The van der Waals surface area contributed by atoms with Crippen LogP contribution in [0, 0.1) is 46.4 Å². The Kier molecular flexibility index (Phi) is 28.9. The number of carbonyl (C=O) groups is 2. The molecule has 0 saturated heterocycles. The maximum Gasteiger partial charge on any atom is 0.407 e. The van der Waals surface area contributed by atoms with Crippen LogP contribution in [0.2, 0.25) is 0 Å². The topological polar surface area (TPSA) is 431 Å². The fraction of sp³-hybridized carbons (Fsp3) is 0.500. The van der Waals surface area contributed by atoms with Crippen molar-refractivity contribution in [1.82, 2.24) is 31.3 Å². The number of aromatic nitrogens is 4. The fourth-order valence-electron chi connectivity index (χ4n) is 7.90. The maximum absolute atomic E-state index is 13.9. The van der Waals surface area contributed by atoms with E-state index < -0.39 is 47.1 Å². The minimum absolute atomic E-state index is 0.00719. The SMILES string of the molecule is CCCCCC(COCCCC)COP(=O)(CCCOC(=O)NCCCNc1ccc([N+](=O)[O-])c2nonc12)Oc1ccc([N+](=O)[O-])cc1.CCOP(=O)(CCCOC(=O)NCCCNc1ccc([N+](=O)[O-])c2nonc12)Oc1ccc([N+](=O)[O-])cc1. The Labute approximate surface area is 497 Å². The summed E-state index contributed by atoms with van der Waals surface area (Å²) in [6, 6.07) is 16.0. The molecule has 0 fully saturated rings. The van der Waals surface area contributed by atoms with E-state index in [2.05, 4.69) is 65.0 Å². The average Bonchev–Trinajstić information content (AvgIpc) is 2.30. The van der Waals surface area contributed by atoms with Crippen LogP contribution in [0.3, 0.4) is 0 Å². The molecule has 0 bridgehead atoms. The van der Waals surface area contributed by atoms with E-state index in [1.807, 2.05) is 0 Å². The van der Waals surface area contributed by atoms with Crippen molar-refractivity contribution in [3.8, 4) is 11.5 Å². The highest BCUT2D eigenvalue weighted by atomic mass is 31.2. The highest BCUT2D eigenvalue weighted by molar-refractivity contribution is 7.54. The van der Waals surface area contributed by atoms with Crippen molar-refractivity contribution in [3.63, 3.8) is 0 Å². The number of fused-ring (bicyclic) bond motifs is 2. The number of amides is 2. The summed E-state index contributed by atoms with van der Waals surface area (Å²) in [6.07, 6.45) is 5.85. The van der Waals surface area contributed by atoms with Crippen molar-refractivity contribution < 1.29 is 80.0 Å². The summed E-state index contributed by atoms with van der Waals surface area (Å²) in [5.74, 6) is 0.332. The van der Waals surface area contributed by atoms with Crippen LogP contribution in [0.4, 0.5) is 43.7 Å². The monoisotopic (exact) mass is 1260 g/mol. The van der Waals surface area contributed by atoms with Gasteiger partial charge in [-0.3, -0.25) is 45.0 Å². The van der Waals surface area contributed by atoms with Crippen LogP contribution in [0.5, 0.6) is 11.5 Å². The Balaban J connectivity index is 0.000000327. The number of benzene rings is 4. The largest absolute Gasteiger partial charge is 0.450 e. The number of carbonyl (C=O) groups excluding carboxylic acids is 2. The first-order valence-electron chi connectivity index (χ1n) is 27.9. The predicted molar refractivity (Wildman–Crippen MR) is 314 cm³/mol. The van der Waals surface area contributed by atoms with Crippen molar-refractivity contribution >= 4 is 83.6 Å². The van der Waals surface area contributed by atoms with E-state index in [4.69, 9.17) is 32.3 Å². The zero-order valence-electron chi connectivity index (χ0n) is 48.1. The zero-order chi connectivity index (χ0) is 63.0. The Morgan fingerprint density at radius 1 is 0.517 bits per heavy atom. The summed E-state index contributed by atoms with van der Waals surface area (Å²) in [5, 5.41) is 69.9. The Bertz CT molecular complexity index is 3260. The van der Waals surface area contributed by atoms with Gasteiger partial charge in [-0.1, -0.05) is 39.5 Å². The molecule has 33 nitrogen and oxygen atoms in total. The third-order valence-corrected chi connectivity index (χ3v) is 16.2. The third kappa shape index (κ3) is 23.6. The fourth-order valence-corrected chi connectivity index (χ4v) is 11.2. The van der Waals surface area contributed by atoms with E-state index in [-0.39, 0.29) is 127 Å². The van der Waals surface area contributed by atoms with Gasteiger partial charge in [-0.05, 0) is 102 Å². The van der Waals surface area contributed by atoms with Gasteiger partial charge in [0.1, 0.15) is 11.5 Å². The average molecular weight is 1260 g/mol. The molecule has 6 aromatic rings. The minimum atomic E-state index is -3.76. The van der Waals surface area contributed by atoms with Crippen LogP contribution in [0.25, 0.3) is 22.1 Å². The maximum atomic E-state index is 13.9. The second-order valence-electron chi connectivity index (χ2n) is 19.0. The van der Waals surface area contributed by atoms with Crippen molar-refractivity contribution in [2.75, 3.05) is 88.8 Å². The number of ether oxygens (including phenoxy) is 3. The van der Waals surface area contributed by atoms with E-state index >= 15 is 0 Å². The molecule has 0 spiro atoms. The van der Waals surface area contributed by atoms with Crippen molar-refractivity contribution in [1.29, 1.82) is 0 Å². The summed E-state index contributed by atoms with van der Waals surface area (Å²) in [4.78, 5) is 65.9. The minimum Gasteiger partial charge on any atom is -0.450 e. The quantitative estimate of drug-likeness (QED) is 0.0120. The van der Waals surface area contributed by atoms with Crippen molar-refractivity contribution in [2.24, 2.45) is 5.92 Å². The van der Waals surface area contributed by atoms with Crippen LogP contribution in [-0.4, -0.2) is 131 Å². The van der Waals surface area contributed by atoms with Gasteiger partial charge in [0.2, 0.25) is 11.0 Å². The van der Waals surface area contributed by atoms with Gasteiger partial charge in [-0.2, -0.15) is 0 Å². The normalized spacial score (nSPS) is 12.8. The Hall–Kier alpha value is -8.64.